The van der Waals surface area contributed by atoms with Gasteiger partial charge in [-0.2, -0.15) is 5.10 Å². The SMILES string of the molecule is COCC(C)c1cnn2c(Cl)cc(Cl)nc12. The molecule has 0 aliphatic heterocycles. The van der Waals surface area contributed by atoms with Gasteiger partial charge in [-0.25, -0.2) is 9.50 Å². The number of ether oxygens (including phenoxy) is 1. The van der Waals surface area contributed by atoms with Crippen LogP contribution in [0, 0.1) is 0 Å². The molecule has 0 bridgehead atoms. The van der Waals surface area contributed by atoms with Gasteiger partial charge in [0.15, 0.2) is 5.65 Å². The van der Waals surface area contributed by atoms with Gasteiger partial charge in [0.1, 0.15) is 10.3 Å². The summed E-state index contributed by atoms with van der Waals surface area (Å²) in [6.45, 7) is 2.64. The van der Waals surface area contributed by atoms with Crippen LogP contribution in [0.15, 0.2) is 12.3 Å². The van der Waals surface area contributed by atoms with Crippen molar-refractivity contribution < 1.29 is 4.74 Å². The smallest absolute Gasteiger partial charge is 0.161 e. The fourth-order valence-corrected chi connectivity index (χ4v) is 2.07. The monoisotopic (exact) mass is 259 g/mol. The number of rotatable bonds is 3. The van der Waals surface area contributed by atoms with Gasteiger partial charge < -0.3 is 4.74 Å². The molecule has 0 radical (unpaired) electrons. The summed E-state index contributed by atoms with van der Waals surface area (Å²) in [6.07, 6.45) is 1.74. The van der Waals surface area contributed by atoms with Crippen LogP contribution >= 0.6 is 23.2 Å². The minimum absolute atomic E-state index is 0.199. The Morgan fingerprint density at radius 1 is 1.50 bits per heavy atom. The number of nitrogens with zero attached hydrogens (tertiary/aromatic N) is 3. The summed E-state index contributed by atoms with van der Waals surface area (Å²) in [5.41, 5.74) is 1.66. The van der Waals surface area contributed by atoms with Crippen LogP contribution < -0.4 is 0 Å². The Labute approximate surface area is 103 Å². The van der Waals surface area contributed by atoms with Crippen molar-refractivity contribution in [3.63, 3.8) is 0 Å². The average molecular weight is 260 g/mol. The van der Waals surface area contributed by atoms with Crippen molar-refractivity contribution in [1.29, 1.82) is 0 Å². The van der Waals surface area contributed by atoms with Gasteiger partial charge in [0.2, 0.25) is 0 Å². The highest BCUT2D eigenvalue weighted by Gasteiger charge is 2.15. The van der Waals surface area contributed by atoms with Gasteiger partial charge in [-0.3, -0.25) is 0 Å². The van der Waals surface area contributed by atoms with Gasteiger partial charge in [0.05, 0.1) is 12.8 Å². The van der Waals surface area contributed by atoms with Crippen molar-refractivity contribution >= 4 is 28.8 Å². The zero-order valence-corrected chi connectivity index (χ0v) is 10.5. The summed E-state index contributed by atoms with van der Waals surface area (Å²) in [6, 6.07) is 1.56. The summed E-state index contributed by atoms with van der Waals surface area (Å²) in [7, 11) is 1.66. The first kappa shape index (κ1) is 11.6. The zero-order chi connectivity index (χ0) is 11.7. The van der Waals surface area contributed by atoms with Crippen molar-refractivity contribution in [2.45, 2.75) is 12.8 Å². The van der Waals surface area contributed by atoms with Crippen LogP contribution in [-0.4, -0.2) is 28.3 Å². The third-order valence-corrected chi connectivity index (χ3v) is 2.83. The highest BCUT2D eigenvalue weighted by atomic mass is 35.5. The second-order valence-electron chi connectivity index (χ2n) is 3.59. The Hall–Kier alpha value is -0.840. The molecule has 0 aliphatic carbocycles. The highest BCUT2D eigenvalue weighted by Crippen LogP contribution is 2.24. The molecule has 0 amide bonds. The molecule has 0 spiro atoms. The van der Waals surface area contributed by atoms with Gasteiger partial charge in [0, 0.05) is 24.7 Å². The molecule has 0 aromatic carbocycles. The second kappa shape index (κ2) is 4.57. The summed E-state index contributed by atoms with van der Waals surface area (Å²) >= 11 is 11.9. The predicted molar refractivity (Wildman–Crippen MR) is 63.3 cm³/mol. The van der Waals surface area contributed by atoms with E-state index in [1.54, 1.807) is 23.9 Å². The lowest BCUT2D eigenvalue weighted by Gasteiger charge is -2.07. The Kier molecular flexibility index (Phi) is 3.33. The molecule has 0 saturated carbocycles. The lowest BCUT2D eigenvalue weighted by atomic mass is 10.1. The van der Waals surface area contributed by atoms with Crippen molar-refractivity contribution in [2.75, 3.05) is 13.7 Å². The van der Waals surface area contributed by atoms with Crippen molar-refractivity contribution in [1.82, 2.24) is 14.6 Å². The van der Waals surface area contributed by atoms with Gasteiger partial charge in [0.25, 0.3) is 0 Å². The number of halogens is 2. The molecular weight excluding hydrogens is 249 g/mol. The van der Waals surface area contributed by atoms with Crippen LogP contribution in [0.1, 0.15) is 18.4 Å². The lowest BCUT2D eigenvalue weighted by Crippen LogP contribution is -2.02. The highest BCUT2D eigenvalue weighted by molar-refractivity contribution is 6.33. The minimum Gasteiger partial charge on any atom is -0.384 e. The average Bonchev–Trinajstić information content (AvgIpc) is 2.61. The Bertz CT molecular complexity index is 512. The third kappa shape index (κ3) is 2.00. The maximum absolute atomic E-state index is 6.00. The normalized spacial score (nSPS) is 13.2. The first-order chi connectivity index (χ1) is 7.63. The van der Waals surface area contributed by atoms with E-state index in [-0.39, 0.29) is 5.92 Å². The van der Waals surface area contributed by atoms with Crippen LogP contribution in [0.25, 0.3) is 5.65 Å². The fraction of sp³-hybridized carbons (Fsp3) is 0.400. The molecule has 1 unspecified atom stereocenters. The molecule has 4 nitrogen and oxygen atoms in total. The molecule has 2 aromatic heterocycles. The van der Waals surface area contributed by atoms with E-state index in [4.69, 9.17) is 27.9 Å². The van der Waals surface area contributed by atoms with E-state index < -0.39 is 0 Å². The van der Waals surface area contributed by atoms with E-state index in [1.165, 1.54) is 0 Å². The van der Waals surface area contributed by atoms with Crippen molar-refractivity contribution in [2.24, 2.45) is 0 Å². The van der Waals surface area contributed by atoms with Crippen LogP contribution in [0.2, 0.25) is 10.3 Å². The molecule has 0 aliphatic rings. The molecule has 16 heavy (non-hydrogen) atoms. The van der Waals surface area contributed by atoms with Gasteiger partial charge in [-0.05, 0) is 0 Å². The molecular formula is C10H11Cl2N3O. The molecule has 6 heteroatoms. The molecule has 0 N–H and O–H groups in total. The molecule has 2 rings (SSSR count). The largest absolute Gasteiger partial charge is 0.384 e. The van der Waals surface area contributed by atoms with E-state index in [0.717, 1.165) is 5.56 Å². The quantitative estimate of drug-likeness (QED) is 0.796. The summed E-state index contributed by atoms with van der Waals surface area (Å²) in [4.78, 5) is 4.23. The predicted octanol–water partition coefficient (Wildman–Crippen LogP) is 2.79. The first-order valence-corrected chi connectivity index (χ1v) is 5.57. The Morgan fingerprint density at radius 3 is 2.94 bits per heavy atom. The Morgan fingerprint density at radius 2 is 2.25 bits per heavy atom. The van der Waals surface area contributed by atoms with Gasteiger partial charge in [-0.15, -0.1) is 0 Å². The second-order valence-corrected chi connectivity index (χ2v) is 4.37. The molecule has 2 aromatic rings. The number of aromatic nitrogens is 3. The number of methoxy groups -OCH3 is 1. The fourth-order valence-electron chi connectivity index (χ4n) is 1.60. The maximum Gasteiger partial charge on any atom is 0.161 e. The van der Waals surface area contributed by atoms with E-state index in [2.05, 4.69) is 10.1 Å². The summed E-state index contributed by atoms with van der Waals surface area (Å²) in [5, 5.41) is 4.99. The van der Waals surface area contributed by atoms with Gasteiger partial charge >= 0.3 is 0 Å². The standard InChI is InChI=1S/C10H11Cl2N3O/c1-6(5-16-2)7-4-13-15-9(12)3-8(11)14-10(7)15/h3-4,6H,5H2,1-2H3. The molecule has 2 heterocycles. The maximum atomic E-state index is 6.00. The zero-order valence-electron chi connectivity index (χ0n) is 8.94. The van der Waals surface area contributed by atoms with E-state index in [0.29, 0.717) is 22.6 Å². The Balaban J connectivity index is 2.55. The molecule has 1 atom stereocenters. The van der Waals surface area contributed by atoms with Gasteiger partial charge in [-0.1, -0.05) is 30.1 Å². The van der Waals surface area contributed by atoms with Crippen molar-refractivity contribution in [3.8, 4) is 0 Å². The number of fused-ring (bicyclic) bond motifs is 1. The van der Waals surface area contributed by atoms with Crippen LogP contribution in [-0.2, 0) is 4.74 Å². The number of hydrogen-bond donors (Lipinski definition) is 0. The van der Waals surface area contributed by atoms with E-state index in [1.807, 2.05) is 6.92 Å². The van der Waals surface area contributed by atoms with Crippen LogP contribution in [0.4, 0.5) is 0 Å². The number of hydrogen-bond acceptors (Lipinski definition) is 3. The van der Waals surface area contributed by atoms with E-state index >= 15 is 0 Å². The molecule has 86 valence electrons. The van der Waals surface area contributed by atoms with E-state index in [9.17, 15) is 0 Å². The minimum atomic E-state index is 0.199. The first-order valence-electron chi connectivity index (χ1n) is 4.82. The van der Waals surface area contributed by atoms with Crippen LogP contribution in [0.5, 0.6) is 0 Å². The summed E-state index contributed by atoms with van der Waals surface area (Å²) < 4.78 is 6.67. The molecule has 0 saturated heterocycles. The topological polar surface area (TPSA) is 39.4 Å². The van der Waals surface area contributed by atoms with Crippen molar-refractivity contribution in [3.05, 3.63) is 28.1 Å². The third-order valence-electron chi connectivity index (χ3n) is 2.37. The summed E-state index contributed by atoms with van der Waals surface area (Å²) in [5.74, 6) is 0.199. The lowest BCUT2D eigenvalue weighted by molar-refractivity contribution is 0.184. The molecule has 0 fully saturated rings. The van der Waals surface area contributed by atoms with Crippen LogP contribution in [0.3, 0.4) is 0 Å².